The molecule has 26 heavy (non-hydrogen) atoms. The minimum Gasteiger partial charge on any atom is -0.462 e. The number of benzene rings is 1. The molecule has 5 nitrogen and oxygen atoms in total. The molecule has 0 spiro atoms. The van der Waals surface area contributed by atoms with Crippen molar-refractivity contribution in [3.05, 3.63) is 41.2 Å². The number of carbonyl (C=O) groups excluding carboxylic acids is 1. The van der Waals surface area contributed by atoms with Crippen molar-refractivity contribution in [2.75, 3.05) is 24.6 Å². The Morgan fingerprint density at radius 3 is 2.54 bits per heavy atom. The highest BCUT2D eigenvalue weighted by molar-refractivity contribution is 6.13. The molecular weight excluding hydrogens is 326 g/mol. The molecule has 5 heteroatoms. The standard InChI is InChI=1S/C21H25N3O2/c1-6-24(7-2)20-16(21(25)26-8-3)12-22-19-15-11-13(4)9-10-17(15)23-14(5)18(19)20/h9-12H,6-8H2,1-5H3. The SMILES string of the molecule is CCOC(=O)c1cnc2c(c(C)nc3ccc(C)cc32)c1N(CC)CC. The zero-order valence-electron chi connectivity index (χ0n) is 16.1. The fraction of sp³-hybridized carbons (Fsp3) is 0.381. The summed E-state index contributed by atoms with van der Waals surface area (Å²) in [6.07, 6.45) is 1.65. The molecule has 0 amide bonds. The maximum absolute atomic E-state index is 12.6. The van der Waals surface area contributed by atoms with Crippen molar-refractivity contribution in [2.45, 2.75) is 34.6 Å². The molecule has 136 valence electrons. The quantitative estimate of drug-likeness (QED) is 0.503. The minimum atomic E-state index is -0.340. The molecule has 0 fully saturated rings. The Morgan fingerprint density at radius 1 is 1.15 bits per heavy atom. The van der Waals surface area contributed by atoms with E-state index >= 15 is 0 Å². The summed E-state index contributed by atoms with van der Waals surface area (Å²) in [5.41, 5.74) is 5.20. The molecule has 0 atom stereocenters. The van der Waals surface area contributed by atoms with Crippen molar-refractivity contribution in [1.29, 1.82) is 0 Å². The Kier molecular flexibility index (Phi) is 5.07. The van der Waals surface area contributed by atoms with E-state index in [9.17, 15) is 4.79 Å². The maximum atomic E-state index is 12.6. The van der Waals surface area contributed by atoms with Crippen molar-refractivity contribution in [1.82, 2.24) is 9.97 Å². The number of pyridine rings is 2. The summed E-state index contributed by atoms with van der Waals surface area (Å²) in [4.78, 5) is 24.2. The second-order valence-corrected chi connectivity index (χ2v) is 6.35. The molecule has 2 heterocycles. The van der Waals surface area contributed by atoms with Crippen LogP contribution in [0.3, 0.4) is 0 Å². The zero-order chi connectivity index (χ0) is 18.8. The molecule has 0 radical (unpaired) electrons. The molecule has 0 bridgehead atoms. The lowest BCUT2D eigenvalue weighted by atomic mass is 10.0. The van der Waals surface area contributed by atoms with Crippen molar-refractivity contribution in [2.24, 2.45) is 0 Å². The fourth-order valence-corrected chi connectivity index (χ4v) is 3.45. The van der Waals surface area contributed by atoms with Gasteiger partial charge in [0, 0.05) is 35.8 Å². The number of carbonyl (C=O) groups is 1. The summed E-state index contributed by atoms with van der Waals surface area (Å²) in [7, 11) is 0. The van der Waals surface area contributed by atoms with Crippen LogP contribution in [0.2, 0.25) is 0 Å². The highest BCUT2D eigenvalue weighted by Gasteiger charge is 2.23. The van der Waals surface area contributed by atoms with Crippen LogP contribution in [0.15, 0.2) is 24.4 Å². The molecule has 3 aromatic rings. The van der Waals surface area contributed by atoms with Gasteiger partial charge in [0.05, 0.1) is 23.3 Å². The van der Waals surface area contributed by atoms with Crippen molar-refractivity contribution in [3.8, 4) is 0 Å². The third kappa shape index (κ3) is 2.98. The van der Waals surface area contributed by atoms with Gasteiger partial charge < -0.3 is 9.64 Å². The molecule has 0 N–H and O–H groups in total. The predicted molar refractivity (Wildman–Crippen MR) is 106 cm³/mol. The lowest BCUT2D eigenvalue weighted by molar-refractivity contribution is 0.0527. The lowest BCUT2D eigenvalue weighted by Gasteiger charge is -2.26. The van der Waals surface area contributed by atoms with Crippen LogP contribution in [-0.4, -0.2) is 35.6 Å². The Bertz CT molecular complexity index is 978. The topological polar surface area (TPSA) is 55.3 Å². The Hall–Kier alpha value is -2.69. The molecule has 0 aliphatic rings. The molecule has 0 aliphatic heterocycles. The Balaban J connectivity index is 2.45. The molecule has 0 unspecified atom stereocenters. The van der Waals surface area contributed by atoms with Crippen molar-refractivity contribution >= 4 is 33.5 Å². The summed E-state index contributed by atoms with van der Waals surface area (Å²) in [5, 5.41) is 1.94. The van der Waals surface area contributed by atoms with Crippen LogP contribution in [0, 0.1) is 13.8 Å². The second-order valence-electron chi connectivity index (χ2n) is 6.35. The average molecular weight is 351 g/mol. The van der Waals surface area contributed by atoms with Gasteiger partial charge in [-0.15, -0.1) is 0 Å². The van der Waals surface area contributed by atoms with E-state index in [4.69, 9.17) is 9.72 Å². The smallest absolute Gasteiger partial charge is 0.341 e. The molecule has 1 aromatic carbocycles. The van der Waals surface area contributed by atoms with Crippen LogP contribution in [0.4, 0.5) is 5.69 Å². The van der Waals surface area contributed by atoms with E-state index in [2.05, 4.69) is 42.8 Å². The molecular formula is C21H25N3O2. The first-order valence-corrected chi connectivity index (χ1v) is 9.13. The first-order valence-electron chi connectivity index (χ1n) is 9.13. The van der Waals surface area contributed by atoms with E-state index in [0.29, 0.717) is 12.2 Å². The third-order valence-electron chi connectivity index (χ3n) is 4.68. The van der Waals surface area contributed by atoms with Gasteiger partial charge in [0.15, 0.2) is 0 Å². The van der Waals surface area contributed by atoms with Crippen molar-refractivity contribution in [3.63, 3.8) is 0 Å². The second kappa shape index (κ2) is 7.28. The van der Waals surface area contributed by atoms with Gasteiger partial charge in [0.2, 0.25) is 0 Å². The number of anilines is 1. The van der Waals surface area contributed by atoms with E-state index in [-0.39, 0.29) is 5.97 Å². The Labute approximate surface area is 154 Å². The number of fused-ring (bicyclic) bond motifs is 3. The molecule has 0 saturated carbocycles. The first kappa shape index (κ1) is 18.1. The van der Waals surface area contributed by atoms with E-state index in [1.165, 1.54) is 0 Å². The van der Waals surface area contributed by atoms with Gasteiger partial charge in [-0.2, -0.15) is 0 Å². The summed E-state index contributed by atoms with van der Waals surface area (Å²) < 4.78 is 5.28. The van der Waals surface area contributed by atoms with Gasteiger partial charge in [-0.1, -0.05) is 11.6 Å². The summed E-state index contributed by atoms with van der Waals surface area (Å²) in [6, 6.07) is 6.18. The monoisotopic (exact) mass is 351 g/mol. The number of esters is 1. The highest BCUT2D eigenvalue weighted by atomic mass is 16.5. The van der Waals surface area contributed by atoms with Crippen LogP contribution in [-0.2, 0) is 4.74 Å². The van der Waals surface area contributed by atoms with E-state index < -0.39 is 0 Å². The third-order valence-corrected chi connectivity index (χ3v) is 4.68. The van der Waals surface area contributed by atoms with Crippen LogP contribution >= 0.6 is 0 Å². The van der Waals surface area contributed by atoms with Gasteiger partial charge in [0.25, 0.3) is 0 Å². The fourth-order valence-electron chi connectivity index (χ4n) is 3.45. The van der Waals surface area contributed by atoms with E-state index in [0.717, 1.165) is 51.8 Å². The lowest BCUT2D eigenvalue weighted by Crippen LogP contribution is -2.25. The summed E-state index contributed by atoms with van der Waals surface area (Å²) in [6.45, 7) is 11.9. The van der Waals surface area contributed by atoms with Gasteiger partial charge >= 0.3 is 5.97 Å². The minimum absolute atomic E-state index is 0.336. The summed E-state index contributed by atoms with van der Waals surface area (Å²) >= 11 is 0. The first-order chi connectivity index (χ1) is 12.5. The number of hydrogen-bond donors (Lipinski definition) is 0. The van der Waals surface area contributed by atoms with Gasteiger partial charge in [0.1, 0.15) is 5.56 Å². The molecule has 2 aromatic heterocycles. The summed E-state index contributed by atoms with van der Waals surface area (Å²) in [5.74, 6) is -0.340. The molecule has 3 rings (SSSR count). The van der Waals surface area contributed by atoms with Crippen molar-refractivity contribution < 1.29 is 9.53 Å². The molecule has 0 saturated heterocycles. The predicted octanol–water partition coefficient (Wildman–Crippen LogP) is 4.42. The normalized spacial score (nSPS) is 11.1. The number of rotatable bonds is 5. The van der Waals surface area contributed by atoms with Gasteiger partial charge in [-0.25, -0.2) is 4.79 Å². The van der Waals surface area contributed by atoms with Gasteiger partial charge in [-0.05, 0) is 46.8 Å². The van der Waals surface area contributed by atoms with Crippen LogP contribution < -0.4 is 4.90 Å². The van der Waals surface area contributed by atoms with Gasteiger partial charge in [-0.3, -0.25) is 9.97 Å². The number of hydrogen-bond acceptors (Lipinski definition) is 5. The van der Waals surface area contributed by atoms with E-state index in [1.54, 1.807) is 6.20 Å². The molecule has 0 aliphatic carbocycles. The van der Waals surface area contributed by atoms with E-state index in [1.807, 2.05) is 19.9 Å². The number of aryl methyl sites for hydroxylation is 2. The number of ether oxygens (including phenoxy) is 1. The largest absolute Gasteiger partial charge is 0.462 e. The number of nitrogens with zero attached hydrogens (tertiary/aromatic N) is 3. The van der Waals surface area contributed by atoms with Crippen LogP contribution in [0.5, 0.6) is 0 Å². The Morgan fingerprint density at radius 2 is 1.88 bits per heavy atom. The average Bonchev–Trinajstić information content (AvgIpc) is 2.63. The number of aromatic nitrogens is 2. The maximum Gasteiger partial charge on any atom is 0.341 e. The van der Waals surface area contributed by atoms with Crippen LogP contribution in [0.1, 0.15) is 42.4 Å². The van der Waals surface area contributed by atoms with Crippen LogP contribution in [0.25, 0.3) is 21.8 Å². The zero-order valence-corrected chi connectivity index (χ0v) is 16.1. The highest BCUT2D eigenvalue weighted by Crippen LogP contribution is 2.35.